The van der Waals surface area contributed by atoms with Crippen LogP contribution in [0, 0.1) is 13.8 Å². The van der Waals surface area contributed by atoms with E-state index in [1.54, 1.807) is 36.4 Å². The molecule has 9 nitrogen and oxygen atoms in total. The quantitative estimate of drug-likeness (QED) is 0.406. The predicted molar refractivity (Wildman–Crippen MR) is 144 cm³/mol. The van der Waals surface area contributed by atoms with E-state index in [1.165, 1.54) is 4.31 Å². The number of sulfonamides is 2. The third kappa shape index (κ3) is 7.67. The molecule has 0 bridgehead atoms. The molecular weight excluding hydrogens is 514 g/mol. The summed E-state index contributed by atoms with van der Waals surface area (Å²) in [5, 5.41) is 0. The summed E-state index contributed by atoms with van der Waals surface area (Å²) in [6.07, 6.45) is 1.76. The van der Waals surface area contributed by atoms with Crippen LogP contribution >= 0.6 is 0 Å². The summed E-state index contributed by atoms with van der Waals surface area (Å²) in [6.45, 7) is 11.4. The minimum Gasteiger partial charge on any atom is -0.493 e. The molecule has 1 N–H and O–H groups in total. The Labute approximate surface area is 221 Å². The van der Waals surface area contributed by atoms with Crippen molar-refractivity contribution in [2.24, 2.45) is 0 Å². The van der Waals surface area contributed by atoms with Crippen LogP contribution in [-0.2, 0) is 20.0 Å². The fraction of sp³-hybridized carbons (Fsp3) is 0.538. The molecule has 1 aliphatic heterocycles. The molecule has 0 unspecified atom stereocenters. The summed E-state index contributed by atoms with van der Waals surface area (Å²) in [4.78, 5) is 2.52. The molecule has 11 heteroatoms. The molecule has 1 heterocycles. The molecule has 0 aromatic heterocycles. The maximum Gasteiger partial charge on any atom is 0.243 e. The molecule has 1 saturated heterocycles. The first-order valence-electron chi connectivity index (χ1n) is 12.8. The Morgan fingerprint density at radius 3 is 1.81 bits per heavy atom. The zero-order chi connectivity index (χ0) is 27.1. The van der Waals surface area contributed by atoms with Gasteiger partial charge in [-0.3, -0.25) is 4.90 Å². The lowest BCUT2D eigenvalue weighted by atomic mass is 10.2. The topological polar surface area (TPSA) is 105 Å². The molecule has 0 saturated carbocycles. The van der Waals surface area contributed by atoms with E-state index in [2.05, 4.69) is 9.62 Å². The Morgan fingerprint density at radius 2 is 1.30 bits per heavy atom. The molecule has 0 radical (unpaired) electrons. The fourth-order valence-corrected chi connectivity index (χ4v) is 6.70. The lowest BCUT2D eigenvalue weighted by molar-refractivity contribution is 0.191. The highest BCUT2D eigenvalue weighted by Gasteiger charge is 2.29. The van der Waals surface area contributed by atoms with Gasteiger partial charge < -0.3 is 9.47 Å². The van der Waals surface area contributed by atoms with Crippen molar-refractivity contribution in [1.29, 1.82) is 0 Å². The molecule has 2 aromatic rings. The Morgan fingerprint density at radius 1 is 0.784 bits per heavy atom. The number of nitrogens with one attached hydrogen (secondary N) is 1. The van der Waals surface area contributed by atoms with Crippen molar-refractivity contribution < 1.29 is 26.3 Å². The van der Waals surface area contributed by atoms with E-state index in [9.17, 15) is 16.8 Å². The standard InChI is InChI=1S/C26H39N3O6S2/c1-5-17-34-25-9-7-23(19-21(25)3)36(30,31)27-11-12-28-13-15-29(16-14-28)37(32,33)24-8-10-26(22(4)20-24)35-18-6-2/h7-10,19-20,27H,5-6,11-18H2,1-4H3. The Kier molecular flexibility index (Phi) is 10.4. The molecule has 0 aliphatic carbocycles. The van der Waals surface area contributed by atoms with E-state index in [1.807, 2.05) is 27.7 Å². The molecule has 3 rings (SSSR count). The van der Waals surface area contributed by atoms with Crippen molar-refractivity contribution in [3.05, 3.63) is 47.5 Å². The average molecular weight is 554 g/mol. The first-order valence-corrected chi connectivity index (χ1v) is 15.7. The van der Waals surface area contributed by atoms with Crippen LogP contribution in [0.4, 0.5) is 0 Å². The number of hydrogen-bond acceptors (Lipinski definition) is 7. The van der Waals surface area contributed by atoms with Crippen molar-refractivity contribution in [3.8, 4) is 11.5 Å². The van der Waals surface area contributed by atoms with Crippen molar-refractivity contribution in [1.82, 2.24) is 13.9 Å². The summed E-state index contributed by atoms with van der Waals surface area (Å²) in [7, 11) is -7.26. The molecule has 0 amide bonds. The van der Waals surface area contributed by atoms with Gasteiger partial charge >= 0.3 is 0 Å². The summed E-state index contributed by atoms with van der Waals surface area (Å²) in [6, 6.07) is 9.82. The maximum absolute atomic E-state index is 13.1. The van der Waals surface area contributed by atoms with E-state index in [0.717, 1.165) is 24.0 Å². The molecule has 0 spiro atoms. The van der Waals surface area contributed by atoms with E-state index in [-0.39, 0.29) is 16.3 Å². The van der Waals surface area contributed by atoms with Gasteiger partial charge in [-0.2, -0.15) is 4.31 Å². The van der Waals surface area contributed by atoms with Crippen LogP contribution in [0.5, 0.6) is 11.5 Å². The van der Waals surface area contributed by atoms with Gasteiger partial charge in [0.1, 0.15) is 11.5 Å². The van der Waals surface area contributed by atoms with E-state index in [0.29, 0.717) is 57.4 Å². The second-order valence-electron chi connectivity index (χ2n) is 9.20. The normalized spacial score (nSPS) is 15.6. The number of ether oxygens (including phenoxy) is 2. The minimum atomic E-state index is -3.65. The first-order chi connectivity index (χ1) is 17.6. The van der Waals surface area contributed by atoms with Crippen molar-refractivity contribution >= 4 is 20.0 Å². The molecule has 1 fully saturated rings. The average Bonchev–Trinajstić information content (AvgIpc) is 2.87. The number of benzene rings is 2. The smallest absolute Gasteiger partial charge is 0.243 e. The zero-order valence-corrected chi connectivity index (χ0v) is 23.8. The first kappa shape index (κ1) is 29.4. The predicted octanol–water partition coefficient (Wildman–Crippen LogP) is 3.17. The van der Waals surface area contributed by atoms with Gasteiger partial charge in [0, 0.05) is 39.3 Å². The molecule has 2 aromatic carbocycles. The lowest BCUT2D eigenvalue weighted by Gasteiger charge is -2.34. The van der Waals surface area contributed by atoms with Crippen molar-refractivity contribution in [2.75, 3.05) is 52.5 Å². The highest BCUT2D eigenvalue weighted by atomic mass is 32.2. The molecule has 1 aliphatic rings. The van der Waals surface area contributed by atoms with Gasteiger partial charge in [0.05, 0.1) is 23.0 Å². The molecule has 0 atom stereocenters. The SMILES string of the molecule is CCCOc1ccc(S(=O)(=O)NCCN2CCN(S(=O)(=O)c3ccc(OCCC)c(C)c3)CC2)cc1C. The van der Waals surface area contributed by atoms with Crippen LogP contribution in [0.15, 0.2) is 46.2 Å². The van der Waals surface area contributed by atoms with Gasteiger partial charge in [-0.1, -0.05) is 13.8 Å². The van der Waals surface area contributed by atoms with Gasteiger partial charge in [-0.05, 0) is 74.2 Å². The second-order valence-corrected chi connectivity index (χ2v) is 12.9. The molecule has 206 valence electrons. The highest BCUT2D eigenvalue weighted by Crippen LogP contribution is 2.25. The number of piperazine rings is 1. The van der Waals surface area contributed by atoms with E-state index in [4.69, 9.17) is 9.47 Å². The Bertz CT molecular complexity index is 1250. The van der Waals surface area contributed by atoms with Crippen LogP contribution in [-0.4, -0.2) is 78.5 Å². The van der Waals surface area contributed by atoms with Gasteiger partial charge in [0.25, 0.3) is 0 Å². The second kappa shape index (κ2) is 13.1. The Hall–Kier alpha value is -2.18. The highest BCUT2D eigenvalue weighted by molar-refractivity contribution is 7.89. The summed E-state index contributed by atoms with van der Waals surface area (Å²) in [5.74, 6) is 1.38. The third-order valence-corrected chi connectivity index (χ3v) is 9.57. The molecular formula is C26H39N3O6S2. The summed E-state index contributed by atoms with van der Waals surface area (Å²) in [5.41, 5.74) is 1.56. The number of aryl methyl sites for hydroxylation is 2. The van der Waals surface area contributed by atoms with Gasteiger partial charge in [0.2, 0.25) is 20.0 Å². The van der Waals surface area contributed by atoms with Crippen LogP contribution in [0.3, 0.4) is 0 Å². The minimum absolute atomic E-state index is 0.200. The molecule has 37 heavy (non-hydrogen) atoms. The largest absolute Gasteiger partial charge is 0.493 e. The monoisotopic (exact) mass is 553 g/mol. The number of rotatable bonds is 13. The van der Waals surface area contributed by atoms with Crippen LogP contribution in [0.1, 0.15) is 37.8 Å². The zero-order valence-electron chi connectivity index (χ0n) is 22.2. The number of nitrogens with zero attached hydrogens (tertiary/aromatic N) is 2. The maximum atomic E-state index is 13.1. The third-order valence-electron chi connectivity index (χ3n) is 6.22. The fourth-order valence-electron chi connectivity index (χ4n) is 4.08. The van der Waals surface area contributed by atoms with Crippen molar-refractivity contribution in [2.45, 2.75) is 50.3 Å². The Balaban J connectivity index is 1.51. The number of hydrogen-bond donors (Lipinski definition) is 1. The van der Waals surface area contributed by atoms with Crippen LogP contribution < -0.4 is 14.2 Å². The van der Waals surface area contributed by atoms with Crippen LogP contribution in [0.2, 0.25) is 0 Å². The summed E-state index contributed by atoms with van der Waals surface area (Å²) < 4.78 is 67.2. The van der Waals surface area contributed by atoms with E-state index >= 15 is 0 Å². The summed E-state index contributed by atoms with van der Waals surface area (Å²) >= 11 is 0. The van der Waals surface area contributed by atoms with E-state index < -0.39 is 20.0 Å². The van der Waals surface area contributed by atoms with Gasteiger partial charge in [0.15, 0.2) is 0 Å². The van der Waals surface area contributed by atoms with Crippen LogP contribution in [0.25, 0.3) is 0 Å². The van der Waals surface area contributed by atoms with Crippen molar-refractivity contribution in [3.63, 3.8) is 0 Å². The van der Waals surface area contributed by atoms with Gasteiger partial charge in [-0.15, -0.1) is 0 Å². The van der Waals surface area contributed by atoms with Gasteiger partial charge in [-0.25, -0.2) is 21.6 Å². The lowest BCUT2D eigenvalue weighted by Crippen LogP contribution is -2.50.